The highest BCUT2D eigenvalue weighted by Gasteiger charge is 2.18. The van der Waals surface area contributed by atoms with Crippen LogP contribution in [0.4, 0.5) is 5.69 Å². The Morgan fingerprint density at radius 2 is 2.24 bits per heavy atom. The van der Waals surface area contributed by atoms with E-state index >= 15 is 0 Å². The van der Waals surface area contributed by atoms with Crippen LogP contribution < -0.4 is 5.32 Å². The SMILES string of the molecule is Cc1cnc(CNCCCO)c(C)c1[N+](=O)[O-]. The van der Waals surface area contributed by atoms with Gasteiger partial charge in [-0.15, -0.1) is 0 Å². The molecule has 0 amide bonds. The molecule has 0 spiro atoms. The lowest BCUT2D eigenvalue weighted by atomic mass is 10.1. The van der Waals surface area contributed by atoms with Crippen molar-refractivity contribution in [1.82, 2.24) is 10.3 Å². The van der Waals surface area contributed by atoms with Crippen molar-refractivity contribution < 1.29 is 10.0 Å². The van der Waals surface area contributed by atoms with Crippen molar-refractivity contribution in [2.24, 2.45) is 0 Å². The van der Waals surface area contributed by atoms with Crippen molar-refractivity contribution in [3.8, 4) is 0 Å². The molecule has 0 aliphatic heterocycles. The summed E-state index contributed by atoms with van der Waals surface area (Å²) in [6.07, 6.45) is 2.18. The lowest BCUT2D eigenvalue weighted by Gasteiger charge is -2.08. The predicted octanol–water partition coefficient (Wildman–Crippen LogP) is 1.08. The Labute approximate surface area is 99.8 Å². The standard InChI is InChI=1S/C11H17N3O3/c1-8-6-13-10(7-12-4-3-5-15)9(2)11(8)14(16)17/h6,12,15H,3-5,7H2,1-2H3. The summed E-state index contributed by atoms with van der Waals surface area (Å²) < 4.78 is 0. The fraction of sp³-hybridized carbons (Fsp3) is 0.545. The van der Waals surface area contributed by atoms with Gasteiger partial charge in [0.25, 0.3) is 5.69 Å². The summed E-state index contributed by atoms with van der Waals surface area (Å²) in [6.45, 7) is 4.67. The van der Waals surface area contributed by atoms with Gasteiger partial charge in [-0.1, -0.05) is 0 Å². The molecule has 1 aromatic heterocycles. The van der Waals surface area contributed by atoms with Gasteiger partial charge in [0.1, 0.15) is 0 Å². The molecule has 1 aromatic rings. The molecule has 0 aliphatic rings. The van der Waals surface area contributed by atoms with Gasteiger partial charge in [0.05, 0.1) is 10.6 Å². The van der Waals surface area contributed by atoms with E-state index < -0.39 is 0 Å². The number of pyridine rings is 1. The number of rotatable bonds is 6. The number of hydrogen-bond donors (Lipinski definition) is 2. The molecule has 0 unspecified atom stereocenters. The van der Waals surface area contributed by atoms with Crippen LogP contribution >= 0.6 is 0 Å². The van der Waals surface area contributed by atoms with Gasteiger partial charge < -0.3 is 10.4 Å². The van der Waals surface area contributed by atoms with Gasteiger partial charge in [-0.3, -0.25) is 15.1 Å². The molecule has 0 bridgehead atoms. The summed E-state index contributed by atoms with van der Waals surface area (Å²) >= 11 is 0. The Kier molecular flexibility index (Phi) is 4.99. The Bertz CT molecular complexity index is 407. The van der Waals surface area contributed by atoms with Crippen molar-refractivity contribution >= 4 is 5.69 Å². The van der Waals surface area contributed by atoms with E-state index in [2.05, 4.69) is 10.3 Å². The van der Waals surface area contributed by atoms with Crippen LogP contribution in [0.2, 0.25) is 0 Å². The smallest absolute Gasteiger partial charge is 0.278 e. The van der Waals surface area contributed by atoms with Crippen molar-refractivity contribution in [2.45, 2.75) is 26.8 Å². The summed E-state index contributed by atoms with van der Waals surface area (Å²) in [7, 11) is 0. The van der Waals surface area contributed by atoms with Crippen molar-refractivity contribution in [3.63, 3.8) is 0 Å². The summed E-state index contributed by atoms with van der Waals surface area (Å²) in [5, 5.41) is 22.6. The first-order chi connectivity index (χ1) is 8.07. The number of hydrogen-bond acceptors (Lipinski definition) is 5. The van der Waals surface area contributed by atoms with Gasteiger partial charge in [-0.05, 0) is 26.8 Å². The Hall–Kier alpha value is -1.53. The number of aliphatic hydroxyl groups excluding tert-OH is 1. The van der Waals surface area contributed by atoms with Crippen LogP contribution in [-0.4, -0.2) is 28.2 Å². The molecule has 0 aliphatic carbocycles. The molecule has 6 nitrogen and oxygen atoms in total. The quantitative estimate of drug-likeness (QED) is 0.440. The second kappa shape index (κ2) is 6.27. The molecule has 2 N–H and O–H groups in total. The van der Waals surface area contributed by atoms with E-state index in [0.717, 1.165) is 0 Å². The second-order valence-electron chi connectivity index (χ2n) is 3.87. The Morgan fingerprint density at radius 3 is 2.82 bits per heavy atom. The molecule has 0 fully saturated rings. The lowest BCUT2D eigenvalue weighted by Crippen LogP contribution is -2.18. The average molecular weight is 239 g/mol. The monoisotopic (exact) mass is 239 g/mol. The van der Waals surface area contributed by atoms with E-state index in [0.29, 0.717) is 36.3 Å². The van der Waals surface area contributed by atoms with Gasteiger partial charge in [0.2, 0.25) is 0 Å². The fourth-order valence-electron chi connectivity index (χ4n) is 1.64. The number of nitrogens with one attached hydrogen (secondary N) is 1. The number of nitro groups is 1. The van der Waals surface area contributed by atoms with Gasteiger partial charge in [-0.25, -0.2) is 0 Å². The topological polar surface area (TPSA) is 88.3 Å². The van der Waals surface area contributed by atoms with E-state index in [-0.39, 0.29) is 17.2 Å². The van der Waals surface area contributed by atoms with Crippen LogP contribution in [0.1, 0.15) is 23.2 Å². The normalized spacial score (nSPS) is 10.5. The van der Waals surface area contributed by atoms with Crippen LogP contribution in [0.25, 0.3) is 0 Å². The van der Waals surface area contributed by atoms with Gasteiger partial charge in [0.15, 0.2) is 0 Å². The Balaban J connectivity index is 2.80. The molecule has 94 valence electrons. The molecule has 1 heterocycles. The zero-order valence-electron chi connectivity index (χ0n) is 10.1. The maximum Gasteiger partial charge on any atom is 0.278 e. The zero-order valence-corrected chi connectivity index (χ0v) is 10.1. The van der Waals surface area contributed by atoms with Gasteiger partial charge in [0, 0.05) is 30.5 Å². The third kappa shape index (κ3) is 3.47. The molecule has 0 aromatic carbocycles. The van der Waals surface area contributed by atoms with E-state index in [1.54, 1.807) is 13.8 Å². The third-order valence-corrected chi connectivity index (χ3v) is 2.56. The molecule has 0 radical (unpaired) electrons. The summed E-state index contributed by atoms with van der Waals surface area (Å²) in [5.74, 6) is 0. The molecule has 17 heavy (non-hydrogen) atoms. The minimum atomic E-state index is -0.371. The molecular weight excluding hydrogens is 222 g/mol. The van der Waals surface area contributed by atoms with Crippen molar-refractivity contribution in [2.75, 3.05) is 13.2 Å². The molecule has 1 rings (SSSR count). The number of aliphatic hydroxyl groups is 1. The second-order valence-corrected chi connectivity index (χ2v) is 3.87. The minimum Gasteiger partial charge on any atom is -0.396 e. The number of aryl methyl sites for hydroxylation is 1. The minimum absolute atomic E-state index is 0.132. The summed E-state index contributed by atoms with van der Waals surface area (Å²) in [4.78, 5) is 14.7. The van der Waals surface area contributed by atoms with E-state index in [1.165, 1.54) is 6.20 Å². The first-order valence-corrected chi connectivity index (χ1v) is 5.49. The highest BCUT2D eigenvalue weighted by atomic mass is 16.6. The van der Waals surface area contributed by atoms with E-state index in [4.69, 9.17) is 5.11 Å². The maximum atomic E-state index is 10.9. The molecule has 0 saturated heterocycles. The van der Waals surface area contributed by atoms with Crippen LogP contribution in [-0.2, 0) is 6.54 Å². The first-order valence-electron chi connectivity index (χ1n) is 5.49. The maximum absolute atomic E-state index is 10.9. The van der Waals surface area contributed by atoms with Crippen LogP contribution in [0, 0.1) is 24.0 Å². The number of aromatic nitrogens is 1. The predicted molar refractivity (Wildman–Crippen MR) is 63.8 cm³/mol. The zero-order chi connectivity index (χ0) is 12.8. The number of nitrogens with zero attached hydrogens (tertiary/aromatic N) is 2. The van der Waals surface area contributed by atoms with Gasteiger partial charge >= 0.3 is 0 Å². The van der Waals surface area contributed by atoms with Crippen LogP contribution in [0.3, 0.4) is 0 Å². The van der Waals surface area contributed by atoms with Crippen LogP contribution in [0.5, 0.6) is 0 Å². The lowest BCUT2D eigenvalue weighted by molar-refractivity contribution is -0.386. The van der Waals surface area contributed by atoms with E-state index in [9.17, 15) is 10.1 Å². The molecule has 0 saturated carbocycles. The highest BCUT2D eigenvalue weighted by Crippen LogP contribution is 2.23. The molecular formula is C11H17N3O3. The third-order valence-electron chi connectivity index (χ3n) is 2.56. The van der Waals surface area contributed by atoms with Crippen LogP contribution in [0.15, 0.2) is 6.20 Å². The average Bonchev–Trinajstić information content (AvgIpc) is 2.26. The van der Waals surface area contributed by atoms with Crippen molar-refractivity contribution in [1.29, 1.82) is 0 Å². The van der Waals surface area contributed by atoms with Crippen molar-refractivity contribution in [3.05, 3.63) is 33.1 Å². The Morgan fingerprint density at radius 1 is 1.53 bits per heavy atom. The largest absolute Gasteiger partial charge is 0.396 e. The summed E-state index contributed by atoms with van der Waals surface area (Å²) in [6, 6.07) is 0. The van der Waals surface area contributed by atoms with E-state index in [1.807, 2.05) is 0 Å². The summed E-state index contributed by atoms with van der Waals surface area (Å²) in [5.41, 5.74) is 2.00. The first kappa shape index (κ1) is 13.5. The van der Waals surface area contributed by atoms with Gasteiger partial charge in [-0.2, -0.15) is 0 Å². The highest BCUT2D eigenvalue weighted by molar-refractivity contribution is 5.47. The molecule has 0 atom stereocenters. The fourth-order valence-corrected chi connectivity index (χ4v) is 1.64. The molecule has 6 heteroatoms.